The summed E-state index contributed by atoms with van der Waals surface area (Å²) in [5.41, 5.74) is 0. The van der Waals surface area contributed by atoms with Gasteiger partial charge in [-0.3, -0.25) is 10.2 Å². The van der Waals surface area contributed by atoms with Crippen molar-refractivity contribution in [3.05, 3.63) is 0 Å². The van der Waals surface area contributed by atoms with Gasteiger partial charge in [0.05, 0.1) is 6.07 Å². The SMILES string of the molecule is CC(C)NC(C#N)CN1CCN(C)CC1C. The molecule has 1 aliphatic heterocycles. The summed E-state index contributed by atoms with van der Waals surface area (Å²) in [6.45, 7) is 10.5. The highest BCUT2D eigenvalue weighted by atomic mass is 15.3. The van der Waals surface area contributed by atoms with E-state index in [9.17, 15) is 0 Å². The van der Waals surface area contributed by atoms with Gasteiger partial charge in [-0.25, -0.2) is 0 Å². The van der Waals surface area contributed by atoms with E-state index in [4.69, 9.17) is 5.26 Å². The molecule has 0 aliphatic carbocycles. The molecule has 0 saturated carbocycles. The second-order valence-corrected chi connectivity index (χ2v) is 5.11. The van der Waals surface area contributed by atoms with Crippen LogP contribution < -0.4 is 5.32 Å². The molecule has 1 N–H and O–H groups in total. The Morgan fingerprint density at radius 1 is 1.44 bits per heavy atom. The Hall–Kier alpha value is -0.630. The van der Waals surface area contributed by atoms with Crippen molar-refractivity contribution in [3.63, 3.8) is 0 Å². The molecule has 1 heterocycles. The van der Waals surface area contributed by atoms with E-state index in [2.05, 4.69) is 49.0 Å². The molecule has 0 radical (unpaired) electrons. The van der Waals surface area contributed by atoms with E-state index in [0.717, 1.165) is 26.2 Å². The third-order valence-electron chi connectivity index (χ3n) is 3.08. The summed E-state index contributed by atoms with van der Waals surface area (Å²) in [5, 5.41) is 12.4. The van der Waals surface area contributed by atoms with Crippen molar-refractivity contribution >= 4 is 0 Å². The number of piperazine rings is 1. The van der Waals surface area contributed by atoms with Gasteiger partial charge in [0.2, 0.25) is 0 Å². The second-order valence-electron chi connectivity index (χ2n) is 5.11. The Balaban J connectivity index is 2.43. The van der Waals surface area contributed by atoms with Gasteiger partial charge >= 0.3 is 0 Å². The van der Waals surface area contributed by atoms with E-state index in [1.807, 2.05) is 0 Å². The van der Waals surface area contributed by atoms with Crippen LogP contribution in [0, 0.1) is 11.3 Å². The van der Waals surface area contributed by atoms with Gasteiger partial charge in [-0.05, 0) is 27.8 Å². The fourth-order valence-electron chi connectivity index (χ4n) is 2.22. The van der Waals surface area contributed by atoms with Gasteiger partial charge in [0.1, 0.15) is 6.04 Å². The first kappa shape index (κ1) is 13.4. The van der Waals surface area contributed by atoms with Crippen molar-refractivity contribution in [3.8, 4) is 6.07 Å². The first-order valence-corrected chi connectivity index (χ1v) is 6.11. The minimum atomic E-state index is -0.0501. The van der Waals surface area contributed by atoms with Gasteiger partial charge in [0.15, 0.2) is 0 Å². The summed E-state index contributed by atoms with van der Waals surface area (Å²) < 4.78 is 0. The number of rotatable bonds is 4. The van der Waals surface area contributed by atoms with Gasteiger partial charge < -0.3 is 4.90 Å². The van der Waals surface area contributed by atoms with Crippen molar-refractivity contribution in [2.45, 2.75) is 38.9 Å². The Kier molecular flexibility index (Phi) is 5.20. The third-order valence-corrected chi connectivity index (χ3v) is 3.08. The Bertz CT molecular complexity index is 246. The molecule has 2 unspecified atom stereocenters. The van der Waals surface area contributed by atoms with E-state index in [-0.39, 0.29) is 6.04 Å². The van der Waals surface area contributed by atoms with Crippen LogP contribution in [0.4, 0.5) is 0 Å². The zero-order valence-electron chi connectivity index (χ0n) is 10.9. The third kappa shape index (κ3) is 4.09. The monoisotopic (exact) mass is 224 g/mol. The molecule has 4 heteroatoms. The van der Waals surface area contributed by atoms with Crippen LogP contribution in [0.5, 0.6) is 0 Å². The predicted molar refractivity (Wildman–Crippen MR) is 66.2 cm³/mol. The summed E-state index contributed by atoms with van der Waals surface area (Å²) in [6, 6.07) is 3.21. The maximum Gasteiger partial charge on any atom is 0.108 e. The zero-order chi connectivity index (χ0) is 12.1. The van der Waals surface area contributed by atoms with Crippen LogP contribution in [0.25, 0.3) is 0 Å². The van der Waals surface area contributed by atoms with Crippen LogP contribution in [0.1, 0.15) is 20.8 Å². The van der Waals surface area contributed by atoms with Gasteiger partial charge in [-0.2, -0.15) is 5.26 Å². The van der Waals surface area contributed by atoms with Crippen LogP contribution in [-0.4, -0.2) is 61.2 Å². The molecule has 1 aliphatic rings. The molecule has 0 spiro atoms. The Morgan fingerprint density at radius 3 is 2.62 bits per heavy atom. The summed E-state index contributed by atoms with van der Waals surface area (Å²) in [5.74, 6) is 0. The zero-order valence-corrected chi connectivity index (χ0v) is 10.9. The van der Waals surface area contributed by atoms with E-state index >= 15 is 0 Å². The van der Waals surface area contributed by atoms with E-state index < -0.39 is 0 Å². The van der Waals surface area contributed by atoms with Crippen molar-refractivity contribution in [2.75, 3.05) is 33.2 Å². The number of nitrogens with one attached hydrogen (secondary N) is 1. The van der Waals surface area contributed by atoms with Crippen molar-refractivity contribution in [1.82, 2.24) is 15.1 Å². The standard InChI is InChI=1S/C12H24N4/c1-10(2)14-12(7-13)9-16-6-5-15(4)8-11(16)3/h10-12,14H,5-6,8-9H2,1-4H3. The highest BCUT2D eigenvalue weighted by Crippen LogP contribution is 2.08. The van der Waals surface area contributed by atoms with E-state index in [0.29, 0.717) is 12.1 Å². The normalized spacial score (nSPS) is 25.6. The molecule has 92 valence electrons. The average Bonchev–Trinajstić information content (AvgIpc) is 2.20. The molecule has 0 amide bonds. The van der Waals surface area contributed by atoms with Crippen molar-refractivity contribution in [2.24, 2.45) is 0 Å². The topological polar surface area (TPSA) is 42.3 Å². The van der Waals surface area contributed by atoms with Gasteiger partial charge in [0, 0.05) is 38.3 Å². The van der Waals surface area contributed by atoms with Crippen LogP contribution in [-0.2, 0) is 0 Å². The first-order chi connectivity index (χ1) is 7.52. The average molecular weight is 224 g/mol. The van der Waals surface area contributed by atoms with Crippen LogP contribution in [0.2, 0.25) is 0 Å². The predicted octanol–water partition coefficient (Wildman–Crippen LogP) is 0.512. The molecule has 16 heavy (non-hydrogen) atoms. The minimum Gasteiger partial charge on any atom is -0.304 e. The summed E-state index contributed by atoms with van der Waals surface area (Å²) in [4.78, 5) is 4.75. The molecule has 0 bridgehead atoms. The molecule has 4 nitrogen and oxygen atoms in total. The van der Waals surface area contributed by atoms with E-state index in [1.165, 1.54) is 0 Å². The Morgan fingerprint density at radius 2 is 2.12 bits per heavy atom. The minimum absolute atomic E-state index is 0.0501. The molecule has 1 rings (SSSR count). The lowest BCUT2D eigenvalue weighted by Crippen LogP contribution is -2.54. The molecule has 0 aromatic rings. The van der Waals surface area contributed by atoms with Crippen molar-refractivity contribution < 1.29 is 0 Å². The van der Waals surface area contributed by atoms with Crippen LogP contribution in [0.15, 0.2) is 0 Å². The van der Waals surface area contributed by atoms with Crippen LogP contribution >= 0.6 is 0 Å². The molecular weight excluding hydrogens is 200 g/mol. The van der Waals surface area contributed by atoms with Gasteiger partial charge in [0.25, 0.3) is 0 Å². The lowest BCUT2D eigenvalue weighted by molar-refractivity contribution is 0.0948. The lowest BCUT2D eigenvalue weighted by Gasteiger charge is -2.39. The maximum absolute atomic E-state index is 9.09. The molecule has 1 fully saturated rings. The largest absolute Gasteiger partial charge is 0.304 e. The van der Waals surface area contributed by atoms with Gasteiger partial charge in [-0.15, -0.1) is 0 Å². The summed E-state index contributed by atoms with van der Waals surface area (Å²) >= 11 is 0. The summed E-state index contributed by atoms with van der Waals surface area (Å²) in [6.07, 6.45) is 0. The molecule has 0 aromatic heterocycles. The second kappa shape index (κ2) is 6.19. The highest BCUT2D eigenvalue weighted by molar-refractivity contribution is 4.94. The Labute approximate surface area is 99.2 Å². The number of likely N-dealkylation sites (N-methyl/N-ethyl adjacent to an activating group) is 1. The molecular formula is C12H24N4. The fourth-order valence-corrected chi connectivity index (χ4v) is 2.22. The maximum atomic E-state index is 9.09. The van der Waals surface area contributed by atoms with Crippen LogP contribution in [0.3, 0.4) is 0 Å². The number of hydrogen-bond acceptors (Lipinski definition) is 4. The van der Waals surface area contributed by atoms with Crippen molar-refractivity contribution in [1.29, 1.82) is 5.26 Å². The molecule has 2 atom stereocenters. The molecule has 1 saturated heterocycles. The number of nitrogens with zero attached hydrogens (tertiary/aromatic N) is 3. The first-order valence-electron chi connectivity index (χ1n) is 6.11. The highest BCUT2D eigenvalue weighted by Gasteiger charge is 2.24. The fraction of sp³-hybridized carbons (Fsp3) is 0.917. The smallest absolute Gasteiger partial charge is 0.108 e. The van der Waals surface area contributed by atoms with Gasteiger partial charge in [-0.1, -0.05) is 0 Å². The summed E-state index contributed by atoms with van der Waals surface area (Å²) in [7, 11) is 2.15. The quantitative estimate of drug-likeness (QED) is 0.755. The van der Waals surface area contributed by atoms with E-state index in [1.54, 1.807) is 0 Å². The lowest BCUT2D eigenvalue weighted by atomic mass is 10.1. The molecule has 0 aromatic carbocycles. The number of hydrogen-bond donors (Lipinski definition) is 1. The number of nitriles is 1.